The number of rotatable bonds is 7. The monoisotopic (exact) mass is 527 g/mol. The highest BCUT2D eigenvalue weighted by molar-refractivity contribution is 5.92. The topological polar surface area (TPSA) is 88.0 Å². The van der Waals surface area contributed by atoms with Gasteiger partial charge in [0.1, 0.15) is 11.5 Å². The van der Waals surface area contributed by atoms with E-state index in [-0.39, 0.29) is 28.9 Å². The summed E-state index contributed by atoms with van der Waals surface area (Å²) in [6, 6.07) is 5.43. The molecular formula is C32H49NO5. The van der Waals surface area contributed by atoms with Crippen molar-refractivity contribution in [2.75, 3.05) is 19.5 Å². The number of carbonyl (C=O) groups is 1. The third-order valence-corrected chi connectivity index (χ3v) is 11.9. The number of hydrogen-bond donors (Lipinski definition) is 3. The molecule has 0 bridgehead atoms. The summed E-state index contributed by atoms with van der Waals surface area (Å²) in [4.78, 5) is 12.9. The maximum Gasteiger partial charge on any atom is 0.224 e. The molecular weight excluding hydrogens is 478 g/mol. The second kappa shape index (κ2) is 10.6. The Balaban J connectivity index is 1.23. The van der Waals surface area contributed by atoms with E-state index in [1.165, 1.54) is 25.7 Å². The molecule has 10 atom stereocenters. The van der Waals surface area contributed by atoms with Gasteiger partial charge in [-0.3, -0.25) is 4.79 Å². The van der Waals surface area contributed by atoms with Crippen molar-refractivity contribution in [3.05, 3.63) is 18.2 Å². The first-order valence-corrected chi connectivity index (χ1v) is 15.0. The van der Waals surface area contributed by atoms with Crippen molar-refractivity contribution in [2.45, 2.75) is 97.2 Å². The van der Waals surface area contributed by atoms with Crippen LogP contribution in [0.15, 0.2) is 18.2 Å². The van der Waals surface area contributed by atoms with Gasteiger partial charge in [-0.1, -0.05) is 20.8 Å². The van der Waals surface area contributed by atoms with Gasteiger partial charge in [0.25, 0.3) is 0 Å². The molecule has 4 aliphatic rings. The fourth-order valence-electron chi connectivity index (χ4n) is 9.86. The number of anilines is 1. The SMILES string of the molecule is COc1ccc(OC)c(NC(=O)CC[C@@H](C)[C@@H]2CC[C@@H]3[C@H]4[C@@H](CC[C@@]32C)[C@@]2(C)CC[C@@H](O)C[C@@H]2C[C@@H]4O)c1. The number of carbonyl (C=O) groups excluding carboxylic acids is 1. The molecule has 5 rings (SSSR count). The Hall–Kier alpha value is -1.79. The van der Waals surface area contributed by atoms with Crippen LogP contribution in [0.5, 0.6) is 11.5 Å². The van der Waals surface area contributed by atoms with E-state index in [4.69, 9.17) is 9.47 Å². The van der Waals surface area contributed by atoms with Crippen LogP contribution in [-0.2, 0) is 4.79 Å². The van der Waals surface area contributed by atoms with Gasteiger partial charge in [0.05, 0.1) is 32.1 Å². The van der Waals surface area contributed by atoms with Crippen molar-refractivity contribution in [2.24, 2.45) is 46.3 Å². The molecule has 4 aliphatic carbocycles. The lowest BCUT2D eigenvalue weighted by Gasteiger charge is -2.62. The van der Waals surface area contributed by atoms with Crippen LogP contribution >= 0.6 is 0 Å². The summed E-state index contributed by atoms with van der Waals surface area (Å²) in [5.74, 6) is 4.31. The number of hydrogen-bond acceptors (Lipinski definition) is 5. The highest BCUT2D eigenvalue weighted by Gasteiger charge is 2.62. The number of benzene rings is 1. The highest BCUT2D eigenvalue weighted by atomic mass is 16.5. The van der Waals surface area contributed by atoms with Crippen molar-refractivity contribution in [1.29, 1.82) is 0 Å². The van der Waals surface area contributed by atoms with Crippen LogP contribution in [0.4, 0.5) is 5.69 Å². The lowest BCUT2D eigenvalue weighted by Crippen LogP contribution is -2.58. The van der Waals surface area contributed by atoms with Crippen molar-refractivity contribution >= 4 is 11.6 Å². The molecule has 0 unspecified atom stereocenters. The van der Waals surface area contributed by atoms with Gasteiger partial charge in [-0.25, -0.2) is 0 Å². The minimum absolute atomic E-state index is 0.00738. The molecule has 0 spiro atoms. The molecule has 6 nitrogen and oxygen atoms in total. The number of nitrogens with one attached hydrogen (secondary N) is 1. The van der Waals surface area contributed by atoms with Crippen LogP contribution in [0.2, 0.25) is 0 Å². The quantitative estimate of drug-likeness (QED) is 0.402. The summed E-state index contributed by atoms with van der Waals surface area (Å²) in [5, 5.41) is 24.8. The fraction of sp³-hybridized carbons (Fsp3) is 0.781. The third kappa shape index (κ3) is 4.74. The molecule has 38 heavy (non-hydrogen) atoms. The maximum absolute atomic E-state index is 12.9. The van der Waals surface area contributed by atoms with Gasteiger partial charge in [-0.2, -0.15) is 0 Å². The van der Waals surface area contributed by atoms with E-state index in [0.29, 0.717) is 59.1 Å². The average molecular weight is 528 g/mol. The van der Waals surface area contributed by atoms with Gasteiger partial charge in [0, 0.05) is 12.5 Å². The molecule has 0 saturated heterocycles. The average Bonchev–Trinajstić information content (AvgIpc) is 3.25. The van der Waals surface area contributed by atoms with E-state index in [0.717, 1.165) is 32.1 Å². The van der Waals surface area contributed by atoms with Gasteiger partial charge < -0.3 is 25.0 Å². The van der Waals surface area contributed by atoms with E-state index in [1.807, 2.05) is 12.1 Å². The summed E-state index contributed by atoms with van der Waals surface area (Å²) in [5.41, 5.74) is 1.13. The largest absolute Gasteiger partial charge is 0.497 e. The van der Waals surface area contributed by atoms with Crippen LogP contribution in [0.25, 0.3) is 0 Å². The number of fused-ring (bicyclic) bond motifs is 5. The molecule has 4 saturated carbocycles. The van der Waals surface area contributed by atoms with Crippen molar-refractivity contribution in [3.8, 4) is 11.5 Å². The number of aliphatic hydroxyl groups excluding tert-OH is 2. The van der Waals surface area contributed by atoms with Crippen LogP contribution in [0, 0.1) is 46.3 Å². The van der Waals surface area contributed by atoms with Crippen LogP contribution in [-0.4, -0.2) is 42.5 Å². The van der Waals surface area contributed by atoms with Crippen molar-refractivity contribution in [3.63, 3.8) is 0 Å². The third-order valence-electron chi connectivity index (χ3n) is 11.9. The Morgan fingerprint density at radius 3 is 2.50 bits per heavy atom. The van der Waals surface area contributed by atoms with Gasteiger partial charge in [0.15, 0.2) is 0 Å². The minimum Gasteiger partial charge on any atom is -0.497 e. The molecule has 0 heterocycles. The van der Waals surface area contributed by atoms with Crippen molar-refractivity contribution < 1.29 is 24.5 Å². The molecule has 0 aromatic heterocycles. The second-order valence-corrected chi connectivity index (χ2v) is 13.6. The molecule has 212 valence electrons. The summed E-state index contributed by atoms with van der Waals surface area (Å²) in [7, 11) is 3.22. The summed E-state index contributed by atoms with van der Waals surface area (Å²) >= 11 is 0. The van der Waals surface area contributed by atoms with E-state index in [9.17, 15) is 15.0 Å². The molecule has 1 aromatic rings. The molecule has 1 aromatic carbocycles. The second-order valence-electron chi connectivity index (χ2n) is 13.6. The Kier molecular flexibility index (Phi) is 7.78. The standard InChI is InChI=1S/C32H49NO5/c1-19(6-11-29(36)33-26-18-22(37-4)7-10-28(26)38-5)23-8-9-24-30-25(13-15-32(23,24)3)31(2)14-12-21(34)16-20(31)17-27(30)35/h7,10,18-21,23-25,27,30,34-35H,6,8-9,11-17H2,1-5H3,(H,33,36)/t19-,20-,21-,23+,24-,25-,27+,30+,31+,32-/m1/s1. The van der Waals surface area contributed by atoms with E-state index in [2.05, 4.69) is 26.1 Å². The van der Waals surface area contributed by atoms with Gasteiger partial charge in [-0.05, 0) is 116 Å². The van der Waals surface area contributed by atoms with E-state index >= 15 is 0 Å². The number of ether oxygens (including phenoxy) is 2. The lowest BCUT2D eigenvalue weighted by molar-refractivity contribution is -0.174. The van der Waals surface area contributed by atoms with Gasteiger partial charge in [0.2, 0.25) is 5.91 Å². The number of methoxy groups -OCH3 is 2. The van der Waals surface area contributed by atoms with Gasteiger partial charge >= 0.3 is 0 Å². The predicted molar refractivity (Wildman–Crippen MR) is 149 cm³/mol. The zero-order valence-corrected chi connectivity index (χ0v) is 24.0. The zero-order chi connectivity index (χ0) is 27.2. The lowest BCUT2D eigenvalue weighted by atomic mass is 9.43. The Labute approximate surface area is 228 Å². The Bertz CT molecular complexity index is 1010. The first-order chi connectivity index (χ1) is 18.1. The van der Waals surface area contributed by atoms with Crippen molar-refractivity contribution in [1.82, 2.24) is 0 Å². The molecule has 0 radical (unpaired) electrons. The number of amides is 1. The predicted octanol–water partition coefficient (Wildman–Crippen LogP) is 6.05. The molecule has 0 aliphatic heterocycles. The first kappa shape index (κ1) is 27.8. The summed E-state index contributed by atoms with van der Waals surface area (Å²) < 4.78 is 10.7. The zero-order valence-electron chi connectivity index (χ0n) is 24.0. The molecule has 4 fully saturated rings. The van der Waals surface area contributed by atoms with Crippen LogP contribution in [0.3, 0.4) is 0 Å². The smallest absolute Gasteiger partial charge is 0.224 e. The fourth-order valence-corrected chi connectivity index (χ4v) is 9.86. The van der Waals surface area contributed by atoms with E-state index in [1.54, 1.807) is 20.3 Å². The Morgan fingerprint density at radius 1 is 1.03 bits per heavy atom. The van der Waals surface area contributed by atoms with E-state index < -0.39 is 0 Å². The highest BCUT2D eigenvalue weighted by Crippen LogP contribution is 2.68. The minimum atomic E-state index is -0.245. The normalized spacial score (nSPS) is 40.9. The molecule has 3 N–H and O–H groups in total. The number of aliphatic hydroxyl groups is 2. The molecule has 1 amide bonds. The summed E-state index contributed by atoms with van der Waals surface area (Å²) in [6.45, 7) is 7.30. The molecule has 6 heteroatoms. The van der Waals surface area contributed by atoms with Gasteiger partial charge in [-0.15, -0.1) is 0 Å². The summed E-state index contributed by atoms with van der Waals surface area (Å²) in [6.07, 6.45) is 9.45. The van der Waals surface area contributed by atoms with Crippen LogP contribution in [0.1, 0.15) is 85.0 Å². The van der Waals surface area contributed by atoms with Crippen LogP contribution < -0.4 is 14.8 Å². The first-order valence-electron chi connectivity index (χ1n) is 15.0. The maximum atomic E-state index is 12.9. The Morgan fingerprint density at radius 2 is 1.76 bits per heavy atom.